The second-order valence-electron chi connectivity index (χ2n) is 3.58. The lowest BCUT2D eigenvalue weighted by molar-refractivity contribution is -0.121. The highest BCUT2D eigenvalue weighted by Gasteiger charge is 2.28. The Labute approximate surface area is 84.5 Å². The molecule has 5 heteroatoms. The molecule has 0 aromatic carbocycles. The van der Waals surface area contributed by atoms with Crippen molar-refractivity contribution >= 4 is 5.91 Å². The van der Waals surface area contributed by atoms with E-state index >= 15 is 0 Å². The highest BCUT2D eigenvalue weighted by Crippen LogP contribution is 2.26. The lowest BCUT2D eigenvalue weighted by Crippen LogP contribution is -2.36. The number of hydrogen-bond donors (Lipinski definition) is 2. The fraction of sp³-hybridized carbons (Fsp3) is 0.889. The Bertz CT molecular complexity index is 183. The first-order valence-corrected chi connectivity index (χ1v) is 5.00. The smallest absolute Gasteiger partial charge is 0.235 e. The molecule has 0 aromatic heterocycles. The van der Waals surface area contributed by atoms with E-state index in [0.29, 0.717) is 12.5 Å². The van der Waals surface area contributed by atoms with E-state index in [1.165, 1.54) is 12.8 Å². The van der Waals surface area contributed by atoms with Crippen molar-refractivity contribution in [2.75, 3.05) is 26.8 Å². The van der Waals surface area contributed by atoms with Crippen LogP contribution < -0.4 is 11.3 Å². The van der Waals surface area contributed by atoms with Crippen LogP contribution in [0.5, 0.6) is 0 Å². The highest BCUT2D eigenvalue weighted by molar-refractivity contribution is 5.75. The zero-order chi connectivity index (χ0) is 10.4. The topological polar surface area (TPSA) is 67.6 Å². The molecule has 0 aromatic rings. The first-order valence-electron chi connectivity index (χ1n) is 5.00. The summed E-state index contributed by atoms with van der Waals surface area (Å²) < 4.78 is 5.02. The Morgan fingerprint density at radius 3 is 2.79 bits per heavy atom. The Morgan fingerprint density at radius 1 is 1.57 bits per heavy atom. The van der Waals surface area contributed by atoms with Crippen molar-refractivity contribution in [1.82, 2.24) is 10.3 Å². The van der Waals surface area contributed by atoms with Gasteiger partial charge >= 0.3 is 0 Å². The van der Waals surface area contributed by atoms with E-state index in [1.54, 1.807) is 7.11 Å². The molecule has 0 bridgehead atoms. The number of nitrogens with two attached hydrogens (primary N) is 1. The molecular weight excluding hydrogens is 182 g/mol. The first kappa shape index (κ1) is 11.4. The summed E-state index contributed by atoms with van der Waals surface area (Å²) >= 11 is 0. The van der Waals surface area contributed by atoms with Crippen LogP contribution in [0.15, 0.2) is 0 Å². The first-order chi connectivity index (χ1) is 6.77. The number of hydrazine groups is 1. The van der Waals surface area contributed by atoms with Crippen molar-refractivity contribution in [2.24, 2.45) is 5.84 Å². The summed E-state index contributed by atoms with van der Waals surface area (Å²) in [6.45, 7) is 2.40. The lowest BCUT2D eigenvalue weighted by Gasteiger charge is -2.20. The summed E-state index contributed by atoms with van der Waals surface area (Å²) in [4.78, 5) is 13.2. The number of ether oxygens (including phenoxy) is 1. The van der Waals surface area contributed by atoms with Crippen LogP contribution >= 0.6 is 0 Å². The largest absolute Gasteiger partial charge is 0.383 e. The molecule has 5 nitrogen and oxygen atoms in total. The van der Waals surface area contributed by atoms with Gasteiger partial charge in [0.05, 0.1) is 6.61 Å². The van der Waals surface area contributed by atoms with E-state index < -0.39 is 0 Å². The van der Waals surface area contributed by atoms with E-state index in [1.807, 2.05) is 0 Å². The molecule has 1 aliphatic carbocycles. The van der Waals surface area contributed by atoms with Gasteiger partial charge in [0.1, 0.15) is 0 Å². The molecule has 1 aliphatic rings. The molecule has 14 heavy (non-hydrogen) atoms. The van der Waals surface area contributed by atoms with Crippen LogP contribution in [-0.4, -0.2) is 43.7 Å². The van der Waals surface area contributed by atoms with Gasteiger partial charge in [-0.15, -0.1) is 0 Å². The van der Waals surface area contributed by atoms with Crippen LogP contribution in [0, 0.1) is 0 Å². The van der Waals surface area contributed by atoms with E-state index in [0.717, 1.165) is 19.7 Å². The van der Waals surface area contributed by atoms with Gasteiger partial charge in [-0.25, -0.2) is 5.84 Å². The normalized spacial score (nSPS) is 15.9. The van der Waals surface area contributed by atoms with Gasteiger partial charge in [-0.1, -0.05) is 0 Å². The molecule has 0 saturated heterocycles. The zero-order valence-electron chi connectivity index (χ0n) is 8.66. The van der Waals surface area contributed by atoms with Crippen molar-refractivity contribution < 1.29 is 9.53 Å². The van der Waals surface area contributed by atoms with Gasteiger partial charge < -0.3 is 4.74 Å². The van der Waals surface area contributed by atoms with Crippen molar-refractivity contribution in [3.05, 3.63) is 0 Å². The third-order valence-electron chi connectivity index (χ3n) is 2.43. The van der Waals surface area contributed by atoms with Gasteiger partial charge in [-0.3, -0.25) is 15.1 Å². The van der Waals surface area contributed by atoms with Crippen molar-refractivity contribution in [3.8, 4) is 0 Å². The van der Waals surface area contributed by atoms with Crippen LogP contribution in [0.25, 0.3) is 0 Å². The Morgan fingerprint density at radius 2 is 2.29 bits per heavy atom. The Balaban J connectivity index is 2.17. The predicted octanol–water partition coefficient (Wildman–Crippen LogP) is -0.523. The third-order valence-corrected chi connectivity index (χ3v) is 2.43. The maximum Gasteiger partial charge on any atom is 0.235 e. The fourth-order valence-corrected chi connectivity index (χ4v) is 1.44. The number of rotatable bonds is 7. The maximum atomic E-state index is 10.9. The molecule has 0 radical (unpaired) electrons. The van der Waals surface area contributed by atoms with Crippen molar-refractivity contribution in [1.29, 1.82) is 0 Å². The van der Waals surface area contributed by atoms with E-state index in [-0.39, 0.29) is 5.91 Å². The second-order valence-corrected chi connectivity index (χ2v) is 3.58. The minimum absolute atomic E-state index is 0.104. The molecule has 0 spiro atoms. The van der Waals surface area contributed by atoms with E-state index in [4.69, 9.17) is 10.6 Å². The van der Waals surface area contributed by atoms with Gasteiger partial charge in [0, 0.05) is 32.7 Å². The minimum Gasteiger partial charge on any atom is -0.383 e. The number of nitrogens with zero attached hydrogens (tertiary/aromatic N) is 1. The molecule has 0 unspecified atom stereocenters. The number of hydrogen-bond acceptors (Lipinski definition) is 4. The van der Waals surface area contributed by atoms with Crippen LogP contribution in [0.2, 0.25) is 0 Å². The number of carbonyl (C=O) groups excluding carboxylic acids is 1. The van der Waals surface area contributed by atoms with Crippen LogP contribution in [0.3, 0.4) is 0 Å². The SMILES string of the molecule is COCCN(CCC(=O)NN)C1CC1. The summed E-state index contributed by atoms with van der Waals surface area (Å²) in [5.41, 5.74) is 2.14. The van der Waals surface area contributed by atoms with Crippen LogP contribution in [-0.2, 0) is 9.53 Å². The summed E-state index contributed by atoms with van der Waals surface area (Å²) in [6, 6.07) is 0.663. The lowest BCUT2D eigenvalue weighted by atomic mass is 10.3. The predicted molar refractivity (Wildman–Crippen MR) is 53.4 cm³/mol. The van der Waals surface area contributed by atoms with Gasteiger partial charge in [-0.05, 0) is 12.8 Å². The summed E-state index contributed by atoms with van der Waals surface area (Å²) in [5, 5.41) is 0. The quantitative estimate of drug-likeness (QED) is 0.330. The number of nitrogens with one attached hydrogen (secondary N) is 1. The molecule has 0 atom stereocenters. The number of carbonyl (C=O) groups is 1. The monoisotopic (exact) mass is 201 g/mol. The Kier molecular flexibility index (Phi) is 4.86. The molecule has 1 rings (SSSR count). The van der Waals surface area contributed by atoms with Crippen molar-refractivity contribution in [3.63, 3.8) is 0 Å². The Hall–Kier alpha value is -0.650. The van der Waals surface area contributed by atoms with Crippen LogP contribution in [0.4, 0.5) is 0 Å². The average molecular weight is 201 g/mol. The molecule has 0 heterocycles. The van der Waals surface area contributed by atoms with Gasteiger partial charge in [0.25, 0.3) is 0 Å². The van der Waals surface area contributed by atoms with Gasteiger partial charge in [0.15, 0.2) is 0 Å². The number of amides is 1. The molecule has 1 fully saturated rings. The van der Waals surface area contributed by atoms with E-state index in [2.05, 4.69) is 10.3 Å². The molecule has 3 N–H and O–H groups in total. The minimum atomic E-state index is -0.104. The standard InChI is InChI=1S/C9H19N3O2/c1-14-7-6-12(8-2-3-8)5-4-9(13)11-10/h8H,2-7,10H2,1H3,(H,11,13). The number of methoxy groups -OCH3 is 1. The molecular formula is C9H19N3O2. The summed E-state index contributed by atoms with van der Waals surface area (Å²) in [7, 11) is 1.69. The summed E-state index contributed by atoms with van der Waals surface area (Å²) in [6.07, 6.45) is 2.96. The third kappa shape index (κ3) is 4.04. The van der Waals surface area contributed by atoms with Crippen molar-refractivity contribution in [2.45, 2.75) is 25.3 Å². The summed E-state index contributed by atoms with van der Waals surface area (Å²) in [5.74, 6) is 4.90. The fourth-order valence-electron chi connectivity index (χ4n) is 1.44. The van der Waals surface area contributed by atoms with Gasteiger partial charge in [0.2, 0.25) is 5.91 Å². The second kappa shape index (κ2) is 5.95. The van der Waals surface area contributed by atoms with Crippen LogP contribution in [0.1, 0.15) is 19.3 Å². The van der Waals surface area contributed by atoms with E-state index in [9.17, 15) is 4.79 Å². The molecule has 0 aliphatic heterocycles. The van der Waals surface area contributed by atoms with Gasteiger partial charge in [-0.2, -0.15) is 0 Å². The maximum absolute atomic E-state index is 10.9. The highest BCUT2D eigenvalue weighted by atomic mass is 16.5. The molecule has 82 valence electrons. The molecule has 1 amide bonds. The zero-order valence-corrected chi connectivity index (χ0v) is 8.66. The average Bonchev–Trinajstić information content (AvgIpc) is 3.01. The molecule has 1 saturated carbocycles.